The largest absolute Gasteiger partial charge is 0.336 e. The van der Waals surface area contributed by atoms with Gasteiger partial charge >= 0.3 is 0 Å². The van der Waals surface area contributed by atoms with E-state index in [-0.39, 0.29) is 23.2 Å². The highest BCUT2D eigenvalue weighted by molar-refractivity contribution is 5.99. The minimum atomic E-state index is -0.558. The van der Waals surface area contributed by atoms with Gasteiger partial charge in [0, 0.05) is 24.3 Å². The maximum Gasteiger partial charge on any atom is 0.282 e. The zero-order chi connectivity index (χ0) is 15.3. The molecule has 7 heteroatoms. The topological polar surface area (TPSA) is 102 Å². The summed E-state index contributed by atoms with van der Waals surface area (Å²) >= 11 is 0. The number of anilines is 1. The molecule has 0 radical (unpaired) electrons. The molecule has 0 aliphatic heterocycles. The van der Waals surface area contributed by atoms with E-state index >= 15 is 0 Å². The quantitative estimate of drug-likeness (QED) is 0.472. The molecule has 0 spiro atoms. The Morgan fingerprint density at radius 3 is 2.60 bits per heavy atom. The second-order valence-corrected chi connectivity index (χ2v) is 4.73. The molecule has 110 valence electrons. The number of nitro groups is 1. The van der Waals surface area contributed by atoms with E-state index in [4.69, 9.17) is 5.84 Å². The van der Waals surface area contributed by atoms with Crippen molar-refractivity contribution < 1.29 is 9.72 Å². The Morgan fingerprint density at radius 2 is 2.15 bits per heavy atom. The van der Waals surface area contributed by atoms with Gasteiger partial charge in [0.15, 0.2) is 0 Å². The van der Waals surface area contributed by atoms with Gasteiger partial charge in [-0.05, 0) is 32.4 Å². The number of hydrazine groups is 1. The lowest BCUT2D eigenvalue weighted by Crippen LogP contribution is -2.37. The summed E-state index contributed by atoms with van der Waals surface area (Å²) in [6, 6.07) is 4.13. The second-order valence-electron chi connectivity index (χ2n) is 4.73. The third-order valence-corrected chi connectivity index (χ3v) is 2.94. The van der Waals surface area contributed by atoms with Crippen molar-refractivity contribution in [2.75, 3.05) is 12.0 Å². The van der Waals surface area contributed by atoms with Crippen LogP contribution in [0.25, 0.3) is 0 Å². The van der Waals surface area contributed by atoms with Gasteiger partial charge in [-0.15, -0.1) is 0 Å². The average molecular weight is 280 g/mol. The highest BCUT2D eigenvalue weighted by Gasteiger charge is 2.26. The summed E-state index contributed by atoms with van der Waals surface area (Å²) in [5.41, 5.74) is 2.69. The van der Waals surface area contributed by atoms with E-state index in [9.17, 15) is 14.9 Å². The number of hydrogen-bond acceptors (Lipinski definition) is 5. The van der Waals surface area contributed by atoms with E-state index < -0.39 is 4.92 Å². The first kappa shape index (κ1) is 15.9. The van der Waals surface area contributed by atoms with Gasteiger partial charge in [0.05, 0.1) is 4.92 Å². The van der Waals surface area contributed by atoms with Gasteiger partial charge in [-0.2, -0.15) is 0 Å². The molecule has 0 aliphatic rings. The number of nitrogens with one attached hydrogen (secondary N) is 1. The average Bonchev–Trinajstić information content (AvgIpc) is 2.42. The first-order valence-corrected chi connectivity index (χ1v) is 6.48. The zero-order valence-corrected chi connectivity index (χ0v) is 11.9. The maximum absolute atomic E-state index is 12.5. The molecular weight excluding hydrogens is 260 g/mol. The van der Waals surface area contributed by atoms with Gasteiger partial charge in [-0.1, -0.05) is 6.92 Å². The van der Waals surface area contributed by atoms with E-state index in [0.29, 0.717) is 12.2 Å². The molecule has 3 N–H and O–H groups in total. The third-order valence-electron chi connectivity index (χ3n) is 2.94. The van der Waals surface area contributed by atoms with Crippen LogP contribution in [0.1, 0.15) is 37.6 Å². The van der Waals surface area contributed by atoms with E-state index in [1.165, 1.54) is 18.2 Å². The smallest absolute Gasteiger partial charge is 0.282 e. The fourth-order valence-electron chi connectivity index (χ4n) is 1.95. The van der Waals surface area contributed by atoms with Gasteiger partial charge < -0.3 is 10.3 Å². The van der Waals surface area contributed by atoms with Crippen LogP contribution in [0, 0.1) is 10.1 Å². The standard InChI is InChI=1S/C13H20N4O3/c1-4-7-16(9(2)3)13(18)11-8-10(15-14)5-6-12(11)17(19)20/h5-6,8-9,15H,4,7,14H2,1-3H3. The second kappa shape index (κ2) is 6.85. The molecule has 0 aromatic heterocycles. The van der Waals surface area contributed by atoms with Crippen LogP contribution >= 0.6 is 0 Å². The van der Waals surface area contributed by atoms with Crippen molar-refractivity contribution in [1.82, 2.24) is 4.90 Å². The third kappa shape index (κ3) is 3.45. The Balaban J connectivity index is 3.27. The molecule has 1 aromatic carbocycles. The SMILES string of the molecule is CCCN(C(=O)c1cc(NN)ccc1[N+](=O)[O-])C(C)C. The minimum Gasteiger partial charge on any atom is -0.336 e. The highest BCUT2D eigenvalue weighted by Crippen LogP contribution is 2.24. The molecule has 0 atom stereocenters. The summed E-state index contributed by atoms with van der Waals surface area (Å²) in [5, 5.41) is 11.1. The number of nitrogens with two attached hydrogens (primary N) is 1. The predicted molar refractivity (Wildman–Crippen MR) is 77.4 cm³/mol. The Kier molecular flexibility index (Phi) is 5.45. The molecule has 1 amide bonds. The summed E-state index contributed by atoms with van der Waals surface area (Å²) < 4.78 is 0. The number of nitro benzene ring substituents is 1. The molecule has 0 fully saturated rings. The van der Waals surface area contributed by atoms with E-state index in [2.05, 4.69) is 5.43 Å². The minimum absolute atomic E-state index is 0.0310. The van der Waals surface area contributed by atoms with Gasteiger partial charge in [-0.3, -0.25) is 20.8 Å². The Morgan fingerprint density at radius 1 is 1.50 bits per heavy atom. The Bertz CT molecular complexity index is 502. The molecule has 1 aromatic rings. The van der Waals surface area contributed by atoms with E-state index in [1.807, 2.05) is 20.8 Å². The number of rotatable bonds is 6. The summed E-state index contributed by atoms with van der Waals surface area (Å²) in [5.74, 6) is 4.94. The van der Waals surface area contributed by atoms with Crippen LogP contribution in [0.2, 0.25) is 0 Å². The molecule has 0 aliphatic carbocycles. The zero-order valence-electron chi connectivity index (χ0n) is 11.9. The van der Waals surface area contributed by atoms with Crippen molar-refractivity contribution in [2.45, 2.75) is 33.2 Å². The summed E-state index contributed by atoms with van der Waals surface area (Å²) in [4.78, 5) is 24.6. The number of amides is 1. The Hall–Kier alpha value is -2.15. The molecular formula is C13H20N4O3. The lowest BCUT2D eigenvalue weighted by molar-refractivity contribution is -0.385. The molecule has 7 nitrogen and oxygen atoms in total. The van der Waals surface area contributed by atoms with Crippen LogP contribution < -0.4 is 11.3 Å². The normalized spacial score (nSPS) is 10.4. The van der Waals surface area contributed by atoms with Crippen molar-refractivity contribution >= 4 is 17.3 Å². The molecule has 0 saturated heterocycles. The van der Waals surface area contributed by atoms with Crippen LogP contribution in [-0.4, -0.2) is 28.3 Å². The number of hydrogen-bond donors (Lipinski definition) is 2. The molecule has 1 rings (SSSR count). The predicted octanol–water partition coefficient (Wildman–Crippen LogP) is 2.14. The molecule has 0 bridgehead atoms. The Labute approximate surface area is 117 Å². The van der Waals surface area contributed by atoms with Crippen LogP contribution in [0.15, 0.2) is 18.2 Å². The molecule has 0 unspecified atom stereocenters. The fraction of sp³-hybridized carbons (Fsp3) is 0.462. The van der Waals surface area contributed by atoms with Crippen LogP contribution in [-0.2, 0) is 0 Å². The maximum atomic E-state index is 12.5. The van der Waals surface area contributed by atoms with Crippen molar-refractivity contribution in [1.29, 1.82) is 0 Å². The van der Waals surface area contributed by atoms with Crippen molar-refractivity contribution in [2.24, 2.45) is 5.84 Å². The fourth-order valence-corrected chi connectivity index (χ4v) is 1.95. The van der Waals surface area contributed by atoms with Gasteiger partial charge in [0.2, 0.25) is 0 Å². The summed E-state index contributed by atoms with van der Waals surface area (Å²) in [7, 11) is 0. The van der Waals surface area contributed by atoms with Gasteiger partial charge in [0.1, 0.15) is 5.56 Å². The highest BCUT2D eigenvalue weighted by atomic mass is 16.6. The lowest BCUT2D eigenvalue weighted by Gasteiger charge is -2.26. The van der Waals surface area contributed by atoms with Crippen LogP contribution in [0.3, 0.4) is 0 Å². The summed E-state index contributed by atoms with van der Waals surface area (Å²) in [6.45, 7) is 6.26. The number of nitrogens with zero attached hydrogens (tertiary/aromatic N) is 2. The molecule has 0 saturated carbocycles. The first-order valence-electron chi connectivity index (χ1n) is 6.48. The van der Waals surface area contributed by atoms with Crippen LogP contribution in [0.5, 0.6) is 0 Å². The number of nitrogen functional groups attached to an aromatic ring is 1. The number of carbonyl (C=O) groups is 1. The number of benzene rings is 1. The van der Waals surface area contributed by atoms with Gasteiger partial charge in [0.25, 0.3) is 11.6 Å². The van der Waals surface area contributed by atoms with E-state index in [1.54, 1.807) is 4.90 Å². The molecule has 0 heterocycles. The summed E-state index contributed by atoms with van der Waals surface area (Å²) in [6.07, 6.45) is 0.784. The monoisotopic (exact) mass is 280 g/mol. The van der Waals surface area contributed by atoms with Crippen molar-refractivity contribution in [3.63, 3.8) is 0 Å². The van der Waals surface area contributed by atoms with Crippen molar-refractivity contribution in [3.8, 4) is 0 Å². The van der Waals surface area contributed by atoms with Crippen molar-refractivity contribution in [3.05, 3.63) is 33.9 Å². The molecule has 20 heavy (non-hydrogen) atoms. The van der Waals surface area contributed by atoms with Crippen LogP contribution in [0.4, 0.5) is 11.4 Å². The van der Waals surface area contributed by atoms with E-state index in [0.717, 1.165) is 6.42 Å². The van der Waals surface area contributed by atoms with Gasteiger partial charge in [-0.25, -0.2) is 0 Å². The number of carbonyl (C=O) groups excluding carboxylic acids is 1. The lowest BCUT2D eigenvalue weighted by atomic mass is 10.1. The first-order chi connectivity index (χ1) is 9.42.